The van der Waals surface area contributed by atoms with Gasteiger partial charge in [-0.05, 0) is 12.5 Å². The van der Waals surface area contributed by atoms with Crippen LogP contribution in [-0.4, -0.2) is 24.7 Å². The van der Waals surface area contributed by atoms with Gasteiger partial charge in [0.2, 0.25) is 0 Å². The second-order valence-corrected chi connectivity index (χ2v) is 3.40. The molecule has 0 spiro atoms. The number of anilines is 1. The van der Waals surface area contributed by atoms with Crippen molar-refractivity contribution in [3.63, 3.8) is 0 Å². The minimum Gasteiger partial charge on any atom is -0.494 e. The Bertz CT molecular complexity index is 447. The fourth-order valence-electron chi connectivity index (χ4n) is 1.24. The molecule has 7 nitrogen and oxygen atoms in total. The van der Waals surface area contributed by atoms with E-state index < -0.39 is 11.0 Å². The molecule has 0 radical (unpaired) electrons. The van der Waals surface area contributed by atoms with Gasteiger partial charge in [0.15, 0.2) is 0 Å². The van der Waals surface area contributed by atoms with Crippen LogP contribution in [0, 0.1) is 10.1 Å². The molecular weight excluding hydrogens is 240 g/mol. The Kier molecular flexibility index (Phi) is 4.91. The first-order valence-corrected chi connectivity index (χ1v) is 5.34. The average Bonchev–Trinajstić information content (AvgIpc) is 2.36. The molecule has 0 saturated heterocycles. The van der Waals surface area contributed by atoms with E-state index in [-0.39, 0.29) is 11.4 Å². The Morgan fingerprint density at radius 1 is 1.50 bits per heavy atom. The van der Waals surface area contributed by atoms with Gasteiger partial charge in [0.1, 0.15) is 5.75 Å². The molecule has 0 unspecified atom stereocenters. The molecule has 1 aromatic carbocycles. The van der Waals surface area contributed by atoms with E-state index in [0.29, 0.717) is 18.7 Å². The Labute approximate surface area is 104 Å². The van der Waals surface area contributed by atoms with E-state index in [1.54, 1.807) is 0 Å². The molecule has 1 amide bonds. The zero-order chi connectivity index (χ0) is 13.5. The van der Waals surface area contributed by atoms with Gasteiger partial charge in [-0.15, -0.1) is 0 Å². The van der Waals surface area contributed by atoms with E-state index in [1.165, 1.54) is 25.3 Å². The molecule has 0 aliphatic heterocycles. The quantitative estimate of drug-likeness (QED) is 0.644. The summed E-state index contributed by atoms with van der Waals surface area (Å²) in [6.45, 7) is 2.18. The number of ether oxygens (including phenoxy) is 2. The number of non-ortho nitro benzene ring substituents is 1. The number of nitrogens with one attached hydrogen (secondary N) is 1. The van der Waals surface area contributed by atoms with Gasteiger partial charge in [0.05, 0.1) is 30.4 Å². The van der Waals surface area contributed by atoms with Crippen molar-refractivity contribution >= 4 is 17.5 Å². The molecule has 0 aromatic heterocycles. The molecule has 0 fully saturated rings. The Hall–Kier alpha value is -2.31. The summed E-state index contributed by atoms with van der Waals surface area (Å²) in [5.74, 6) is 0.206. The zero-order valence-corrected chi connectivity index (χ0v) is 10.1. The number of methoxy groups -OCH3 is 1. The number of amides is 1. The summed E-state index contributed by atoms with van der Waals surface area (Å²) < 4.78 is 9.80. The number of hydrogen-bond acceptors (Lipinski definition) is 5. The van der Waals surface area contributed by atoms with Gasteiger partial charge >= 0.3 is 6.09 Å². The highest BCUT2D eigenvalue weighted by atomic mass is 16.6. The largest absolute Gasteiger partial charge is 0.494 e. The fraction of sp³-hybridized carbons (Fsp3) is 0.364. The monoisotopic (exact) mass is 254 g/mol. The molecule has 0 heterocycles. The molecule has 1 aromatic rings. The lowest BCUT2D eigenvalue weighted by Crippen LogP contribution is -2.14. The van der Waals surface area contributed by atoms with Crippen LogP contribution < -0.4 is 10.1 Å². The van der Waals surface area contributed by atoms with Gasteiger partial charge in [-0.2, -0.15) is 0 Å². The number of nitro benzene ring substituents is 1. The second kappa shape index (κ2) is 6.43. The van der Waals surface area contributed by atoms with Gasteiger partial charge < -0.3 is 9.47 Å². The Balaban J connectivity index is 2.82. The Morgan fingerprint density at radius 2 is 2.22 bits per heavy atom. The van der Waals surface area contributed by atoms with E-state index >= 15 is 0 Å². The topological polar surface area (TPSA) is 90.7 Å². The summed E-state index contributed by atoms with van der Waals surface area (Å²) in [7, 11) is 1.36. The third-order valence-electron chi connectivity index (χ3n) is 2.07. The zero-order valence-electron chi connectivity index (χ0n) is 10.1. The molecule has 98 valence electrons. The number of carbonyl (C=O) groups is 1. The van der Waals surface area contributed by atoms with Gasteiger partial charge in [0.25, 0.3) is 5.69 Å². The van der Waals surface area contributed by atoms with Crippen LogP contribution in [0.2, 0.25) is 0 Å². The smallest absolute Gasteiger partial charge is 0.411 e. The third kappa shape index (κ3) is 3.62. The molecular formula is C11H14N2O5. The van der Waals surface area contributed by atoms with E-state index in [2.05, 4.69) is 5.32 Å². The first-order valence-electron chi connectivity index (χ1n) is 5.34. The molecule has 7 heteroatoms. The molecule has 1 N–H and O–H groups in total. The summed E-state index contributed by atoms with van der Waals surface area (Å²) in [5.41, 5.74) is 0.212. The number of carbonyl (C=O) groups excluding carboxylic acids is 1. The predicted molar refractivity (Wildman–Crippen MR) is 64.9 cm³/mol. The highest BCUT2D eigenvalue weighted by Crippen LogP contribution is 2.28. The third-order valence-corrected chi connectivity index (χ3v) is 2.07. The fourth-order valence-corrected chi connectivity index (χ4v) is 1.24. The van der Waals surface area contributed by atoms with Crippen molar-refractivity contribution in [3.05, 3.63) is 28.3 Å². The molecule has 0 aliphatic carbocycles. The maximum absolute atomic E-state index is 11.3. The lowest BCUT2D eigenvalue weighted by atomic mass is 10.2. The summed E-state index contributed by atoms with van der Waals surface area (Å²) >= 11 is 0. The maximum atomic E-state index is 11.3. The van der Waals surface area contributed by atoms with Crippen LogP contribution in [0.3, 0.4) is 0 Å². The highest BCUT2D eigenvalue weighted by molar-refractivity contribution is 5.87. The molecule has 0 saturated carbocycles. The number of nitrogens with zero attached hydrogens (tertiary/aromatic N) is 1. The van der Waals surface area contributed by atoms with Crippen LogP contribution in [0.4, 0.5) is 16.2 Å². The summed E-state index contributed by atoms with van der Waals surface area (Å²) in [5, 5.41) is 13.0. The van der Waals surface area contributed by atoms with Gasteiger partial charge in [-0.1, -0.05) is 6.92 Å². The van der Waals surface area contributed by atoms with Crippen LogP contribution in [0.25, 0.3) is 0 Å². The second-order valence-electron chi connectivity index (χ2n) is 3.40. The van der Waals surface area contributed by atoms with Crippen molar-refractivity contribution in [2.75, 3.05) is 19.0 Å². The predicted octanol–water partition coefficient (Wildman–Crippen LogP) is 2.56. The summed E-state index contributed by atoms with van der Waals surface area (Å²) in [4.78, 5) is 21.4. The van der Waals surface area contributed by atoms with Crippen LogP contribution in [0.1, 0.15) is 13.3 Å². The lowest BCUT2D eigenvalue weighted by Gasteiger charge is -2.09. The molecule has 1 rings (SSSR count). The van der Waals surface area contributed by atoms with Crippen molar-refractivity contribution in [2.24, 2.45) is 0 Å². The molecule has 0 aliphatic rings. The normalized spacial score (nSPS) is 9.67. The number of benzene rings is 1. The van der Waals surface area contributed by atoms with Gasteiger partial charge in [0, 0.05) is 6.07 Å². The molecule has 18 heavy (non-hydrogen) atoms. The lowest BCUT2D eigenvalue weighted by molar-refractivity contribution is -0.384. The van der Waals surface area contributed by atoms with Gasteiger partial charge in [-0.25, -0.2) is 4.79 Å². The van der Waals surface area contributed by atoms with Crippen molar-refractivity contribution in [2.45, 2.75) is 13.3 Å². The highest BCUT2D eigenvalue weighted by Gasteiger charge is 2.13. The van der Waals surface area contributed by atoms with Crippen molar-refractivity contribution in [1.82, 2.24) is 0 Å². The van der Waals surface area contributed by atoms with Crippen molar-refractivity contribution in [3.8, 4) is 5.75 Å². The van der Waals surface area contributed by atoms with Crippen molar-refractivity contribution < 1.29 is 19.2 Å². The average molecular weight is 254 g/mol. The van der Waals surface area contributed by atoms with Crippen LogP contribution in [-0.2, 0) is 4.74 Å². The number of hydrogen-bond donors (Lipinski definition) is 1. The molecule has 0 bridgehead atoms. The van der Waals surface area contributed by atoms with Crippen LogP contribution in [0.5, 0.6) is 5.75 Å². The summed E-state index contributed by atoms with van der Waals surface area (Å²) in [6, 6.07) is 3.90. The molecule has 0 atom stereocenters. The Morgan fingerprint density at radius 3 is 2.78 bits per heavy atom. The minimum absolute atomic E-state index is 0.112. The van der Waals surface area contributed by atoms with Crippen LogP contribution in [0.15, 0.2) is 18.2 Å². The first kappa shape index (κ1) is 13.8. The van der Waals surface area contributed by atoms with E-state index in [1.807, 2.05) is 6.92 Å². The standard InChI is InChI=1S/C11H14N2O5/c1-3-6-18-11(14)12-9-5-4-8(13(15)16)7-10(9)17-2/h4-5,7H,3,6H2,1-2H3,(H,12,14). The number of rotatable bonds is 5. The van der Waals surface area contributed by atoms with Gasteiger partial charge in [-0.3, -0.25) is 15.4 Å². The number of nitro groups is 1. The van der Waals surface area contributed by atoms with E-state index in [0.717, 1.165) is 0 Å². The minimum atomic E-state index is -0.621. The summed E-state index contributed by atoms with van der Waals surface area (Å²) in [6.07, 6.45) is 0.0918. The van der Waals surface area contributed by atoms with Crippen molar-refractivity contribution in [1.29, 1.82) is 0 Å². The first-order chi connectivity index (χ1) is 8.58. The maximum Gasteiger partial charge on any atom is 0.411 e. The van der Waals surface area contributed by atoms with Crippen LogP contribution >= 0.6 is 0 Å². The SMILES string of the molecule is CCCOC(=O)Nc1ccc([N+](=O)[O-])cc1OC. The van der Waals surface area contributed by atoms with E-state index in [9.17, 15) is 14.9 Å². The van der Waals surface area contributed by atoms with E-state index in [4.69, 9.17) is 9.47 Å².